The number of rotatable bonds is 8. The summed E-state index contributed by atoms with van der Waals surface area (Å²) in [6.07, 6.45) is 18.0. The molecule has 8 aromatic carbocycles. The van der Waals surface area contributed by atoms with E-state index >= 15 is 0 Å². The predicted octanol–water partition coefficient (Wildman–Crippen LogP) is 15.4. The lowest BCUT2D eigenvalue weighted by Crippen LogP contribution is -2.16. The Labute approximate surface area is 329 Å². The van der Waals surface area contributed by atoms with Crippen LogP contribution in [0.4, 0.5) is 28.4 Å². The van der Waals surface area contributed by atoms with Gasteiger partial charge in [0.25, 0.3) is 0 Å². The second-order valence-electron chi connectivity index (χ2n) is 14.7. The lowest BCUT2D eigenvalue weighted by atomic mass is 9.83. The molecule has 0 N–H and O–H groups in total. The van der Waals surface area contributed by atoms with E-state index in [0.717, 1.165) is 54.1 Å². The minimum absolute atomic E-state index is 0.999. The molecule has 0 aromatic heterocycles. The molecule has 2 heteroatoms. The molecule has 0 saturated carbocycles. The second kappa shape index (κ2) is 14.7. The zero-order valence-corrected chi connectivity index (χ0v) is 31.4. The highest BCUT2D eigenvalue weighted by Gasteiger charge is 2.23. The topological polar surface area (TPSA) is 6.48 Å². The molecular formula is C54H42N2. The molecule has 0 fully saturated rings. The molecule has 2 nitrogen and oxygen atoms in total. The van der Waals surface area contributed by atoms with Crippen molar-refractivity contribution in [1.82, 2.24) is 0 Å². The smallest absolute Gasteiger partial charge is 0.0468 e. The monoisotopic (exact) mass is 718 g/mol. The normalized spacial score (nSPS) is 13.9. The Bertz CT molecular complexity index is 2810. The van der Waals surface area contributed by atoms with Gasteiger partial charge in [0, 0.05) is 34.1 Å². The highest BCUT2D eigenvalue weighted by molar-refractivity contribution is 6.20. The summed E-state index contributed by atoms with van der Waals surface area (Å²) in [5.74, 6) is 0. The van der Waals surface area contributed by atoms with Crippen LogP contribution in [0.5, 0.6) is 0 Å². The molecule has 56 heavy (non-hydrogen) atoms. The largest absolute Gasteiger partial charge is 0.311 e. The maximum absolute atomic E-state index is 2.45. The maximum Gasteiger partial charge on any atom is 0.0468 e. The summed E-state index contributed by atoms with van der Waals surface area (Å²) in [5.41, 5.74) is 12.1. The molecule has 0 saturated heterocycles. The molecule has 0 aliphatic heterocycles. The third-order valence-corrected chi connectivity index (χ3v) is 11.3. The Balaban J connectivity index is 1.27. The fourth-order valence-electron chi connectivity index (χ4n) is 8.68. The number of hydrogen-bond donors (Lipinski definition) is 0. The Kier molecular flexibility index (Phi) is 8.85. The Morgan fingerprint density at radius 2 is 0.982 bits per heavy atom. The van der Waals surface area contributed by atoms with E-state index in [9.17, 15) is 0 Å². The van der Waals surface area contributed by atoms with Crippen molar-refractivity contribution in [1.29, 1.82) is 0 Å². The minimum atomic E-state index is 0.999. The number of benzene rings is 8. The molecule has 10 rings (SSSR count). The summed E-state index contributed by atoms with van der Waals surface area (Å²) in [7, 11) is 0. The fraction of sp³-hybridized carbons (Fsp3) is 0.0741. The SMILES string of the molecule is C1=CCCC(c2c3cc(N(c4ccccc4)c4ccccc4)ccc3c(-c3ccccc3)c3cc(N(C4=CCCC=C4)c4ccc5ccccc5c4)ccc23)=C1. The van der Waals surface area contributed by atoms with Crippen LogP contribution in [0.15, 0.2) is 212 Å². The van der Waals surface area contributed by atoms with Crippen LogP contribution in [0.25, 0.3) is 49.0 Å². The van der Waals surface area contributed by atoms with E-state index in [2.05, 4.69) is 216 Å². The second-order valence-corrected chi connectivity index (χ2v) is 14.7. The molecule has 268 valence electrons. The van der Waals surface area contributed by atoms with Crippen molar-refractivity contribution in [3.05, 3.63) is 218 Å². The average molecular weight is 719 g/mol. The van der Waals surface area contributed by atoms with Crippen LogP contribution in [0, 0.1) is 0 Å². The van der Waals surface area contributed by atoms with E-state index in [0.29, 0.717) is 0 Å². The van der Waals surface area contributed by atoms with Crippen LogP contribution in [-0.2, 0) is 0 Å². The molecule has 0 spiro atoms. The molecule has 8 aromatic rings. The van der Waals surface area contributed by atoms with Crippen molar-refractivity contribution in [2.45, 2.75) is 25.7 Å². The summed E-state index contributed by atoms with van der Waals surface area (Å²) in [6.45, 7) is 0. The Hall–Kier alpha value is -6.90. The van der Waals surface area contributed by atoms with Crippen molar-refractivity contribution in [3.8, 4) is 11.1 Å². The third-order valence-electron chi connectivity index (χ3n) is 11.3. The van der Waals surface area contributed by atoms with Crippen LogP contribution in [-0.4, -0.2) is 0 Å². The van der Waals surface area contributed by atoms with E-state index in [-0.39, 0.29) is 0 Å². The molecule has 2 aliphatic carbocycles. The molecule has 0 amide bonds. The van der Waals surface area contributed by atoms with Crippen LogP contribution in [0.1, 0.15) is 31.2 Å². The van der Waals surface area contributed by atoms with Crippen molar-refractivity contribution in [2.24, 2.45) is 0 Å². The van der Waals surface area contributed by atoms with Crippen molar-refractivity contribution < 1.29 is 0 Å². The van der Waals surface area contributed by atoms with Crippen LogP contribution in [0.3, 0.4) is 0 Å². The molecule has 0 heterocycles. The number of allylic oxidation sites excluding steroid dienone is 7. The van der Waals surface area contributed by atoms with E-state index < -0.39 is 0 Å². The zero-order chi connectivity index (χ0) is 37.3. The summed E-state index contributed by atoms with van der Waals surface area (Å²) >= 11 is 0. The number of fused-ring (bicyclic) bond motifs is 3. The van der Waals surface area contributed by atoms with Gasteiger partial charge < -0.3 is 9.80 Å². The highest BCUT2D eigenvalue weighted by atomic mass is 15.1. The van der Waals surface area contributed by atoms with Gasteiger partial charge in [0.05, 0.1) is 0 Å². The van der Waals surface area contributed by atoms with Gasteiger partial charge in [0.15, 0.2) is 0 Å². The predicted molar refractivity (Wildman–Crippen MR) is 240 cm³/mol. The Morgan fingerprint density at radius 1 is 0.393 bits per heavy atom. The Morgan fingerprint density at radius 3 is 1.64 bits per heavy atom. The number of nitrogens with zero attached hydrogens (tertiary/aromatic N) is 2. The first kappa shape index (κ1) is 33.7. The first-order chi connectivity index (χ1) is 27.8. The standard InChI is InChI=1S/C54H42N2/c1-6-19-40(20-7-1)53-50-35-33-48(56(45-28-14-5-15-29-45)46-31-30-39-18-16-17-23-42(39)36-46)38-52(50)54(41-21-8-2-9-22-41)49-34-32-47(37-51(49)53)55(43-24-10-3-11-25-43)44-26-12-4-13-27-44/h1-4,6,8-14,16-19,21-38H,5,7,15,20H2. The first-order valence-corrected chi connectivity index (χ1v) is 19.8. The molecule has 0 atom stereocenters. The van der Waals surface area contributed by atoms with E-state index in [1.54, 1.807) is 0 Å². The van der Waals surface area contributed by atoms with Crippen molar-refractivity contribution in [2.75, 3.05) is 9.80 Å². The number of para-hydroxylation sites is 2. The number of anilines is 5. The van der Waals surface area contributed by atoms with Gasteiger partial charge in [0.1, 0.15) is 0 Å². The lowest BCUT2D eigenvalue weighted by Gasteiger charge is -2.29. The van der Waals surface area contributed by atoms with Gasteiger partial charge in [-0.2, -0.15) is 0 Å². The van der Waals surface area contributed by atoms with E-state index in [1.807, 2.05) is 0 Å². The highest BCUT2D eigenvalue weighted by Crippen LogP contribution is 2.47. The van der Waals surface area contributed by atoms with Gasteiger partial charge in [0.2, 0.25) is 0 Å². The van der Waals surface area contributed by atoms with Crippen LogP contribution < -0.4 is 9.80 Å². The number of hydrogen-bond acceptors (Lipinski definition) is 2. The lowest BCUT2D eigenvalue weighted by molar-refractivity contribution is 0.998. The third kappa shape index (κ3) is 6.20. The minimum Gasteiger partial charge on any atom is -0.311 e. The van der Waals surface area contributed by atoms with Gasteiger partial charge in [-0.05, 0) is 147 Å². The fourth-order valence-corrected chi connectivity index (χ4v) is 8.68. The van der Waals surface area contributed by atoms with Crippen LogP contribution >= 0.6 is 0 Å². The van der Waals surface area contributed by atoms with E-state index in [4.69, 9.17) is 0 Å². The molecule has 2 aliphatic rings. The average Bonchev–Trinajstić information content (AvgIpc) is 3.27. The molecule has 0 bridgehead atoms. The zero-order valence-electron chi connectivity index (χ0n) is 31.4. The van der Waals surface area contributed by atoms with Gasteiger partial charge in [-0.3, -0.25) is 0 Å². The summed E-state index contributed by atoms with van der Waals surface area (Å²) in [6, 6.07) is 62.2. The van der Waals surface area contributed by atoms with E-state index in [1.165, 1.54) is 60.3 Å². The van der Waals surface area contributed by atoms with Gasteiger partial charge in [-0.15, -0.1) is 0 Å². The maximum atomic E-state index is 2.45. The van der Waals surface area contributed by atoms with Gasteiger partial charge >= 0.3 is 0 Å². The van der Waals surface area contributed by atoms with Crippen molar-refractivity contribution >= 4 is 66.3 Å². The summed E-state index contributed by atoms with van der Waals surface area (Å²) < 4.78 is 0. The first-order valence-electron chi connectivity index (χ1n) is 19.8. The molecular weight excluding hydrogens is 677 g/mol. The molecule has 0 unspecified atom stereocenters. The van der Waals surface area contributed by atoms with Crippen molar-refractivity contribution in [3.63, 3.8) is 0 Å². The van der Waals surface area contributed by atoms with Gasteiger partial charge in [-0.1, -0.05) is 140 Å². The van der Waals surface area contributed by atoms with Gasteiger partial charge in [-0.25, -0.2) is 0 Å². The molecule has 0 radical (unpaired) electrons. The summed E-state index contributed by atoms with van der Waals surface area (Å²) in [4.78, 5) is 4.82. The summed E-state index contributed by atoms with van der Waals surface area (Å²) in [5, 5.41) is 7.54. The van der Waals surface area contributed by atoms with Crippen LogP contribution in [0.2, 0.25) is 0 Å². The quantitative estimate of drug-likeness (QED) is 0.144.